The number of ether oxygens (including phenoxy) is 1. The highest BCUT2D eigenvalue weighted by atomic mass is 16.5. The summed E-state index contributed by atoms with van der Waals surface area (Å²) < 4.78 is 6.83. The van der Waals surface area contributed by atoms with Gasteiger partial charge in [0, 0.05) is 5.92 Å². The summed E-state index contributed by atoms with van der Waals surface area (Å²) in [6.07, 6.45) is 0. The first-order chi connectivity index (χ1) is 39.8. The van der Waals surface area contributed by atoms with Crippen LogP contribution in [-0.4, -0.2) is 18.6 Å². The minimum absolute atomic E-state index is 0.109. The number of esters is 1. The maximum absolute atomic E-state index is 16.8. The number of benzene rings is 20. The highest BCUT2D eigenvalue weighted by Gasteiger charge is 2.67. The Kier molecular flexibility index (Phi) is 3.22. The van der Waals surface area contributed by atoms with Crippen molar-refractivity contribution in [3.63, 3.8) is 0 Å². The Hall–Kier alpha value is -9.67. The molecule has 4 aliphatic rings. The average molecular weight is 990 g/mol. The number of carbonyl (C=O) groups is 1. The molecule has 3 heteroatoms. The molecule has 1 unspecified atom stereocenters. The van der Waals surface area contributed by atoms with Crippen LogP contribution in [0.25, 0.3) is 291 Å². The maximum Gasteiger partial charge on any atom is 0.324 e. The molecule has 3 nitrogen and oxygen atoms in total. The van der Waals surface area contributed by atoms with Crippen LogP contribution >= 0.6 is 0 Å². The van der Waals surface area contributed by atoms with Crippen LogP contribution in [0.5, 0.6) is 0 Å². The van der Waals surface area contributed by atoms with Crippen LogP contribution in [0.2, 0.25) is 0 Å². The molecular weight excluding hydrogens is 971 g/mol. The molecule has 0 amide bonds. The van der Waals surface area contributed by atoms with Crippen molar-refractivity contribution in [3.05, 3.63) is 94.0 Å². The Labute approximate surface area is 440 Å². The SMILES string of the molecule is CCOC(=O)C(NC(c1ccccc1)c1ccccc1)C12c3c4c5c6c7c8c(c9c%10c1c1c3c3c%11c4c4c5c5c7c7c%12c8c8c9c9c%10c%10c1c1c3c3c%11c%11c4c4c5c7c5c7c%12c8c8c9c9c%10c1c1c3c3c%11c4c5c4c7c8c9c1c34)C62. The Balaban J connectivity index is 1.02. The third-order valence-electron chi connectivity index (χ3n) is 26.8. The van der Waals surface area contributed by atoms with Gasteiger partial charge in [-0.2, -0.15) is 0 Å². The van der Waals surface area contributed by atoms with Gasteiger partial charge in [0.15, 0.2) is 0 Å². The second-order valence-corrected chi connectivity index (χ2v) is 27.7. The van der Waals surface area contributed by atoms with Gasteiger partial charge >= 0.3 is 5.97 Å². The molecule has 0 aromatic heterocycles. The first-order valence-corrected chi connectivity index (χ1v) is 29.6. The van der Waals surface area contributed by atoms with Gasteiger partial charge in [0.2, 0.25) is 0 Å². The average Bonchev–Trinajstić information content (AvgIpc) is 1.44. The molecule has 30 aromatic carbocycles. The first-order valence-electron chi connectivity index (χ1n) is 29.6. The van der Waals surface area contributed by atoms with E-state index in [4.69, 9.17) is 4.74 Å². The van der Waals surface area contributed by atoms with Gasteiger partial charge in [0.05, 0.1) is 18.1 Å². The Morgan fingerprint density at radius 1 is 0.338 bits per heavy atom. The van der Waals surface area contributed by atoms with Crippen LogP contribution in [0, 0.1) is 0 Å². The van der Waals surface area contributed by atoms with E-state index in [1.807, 2.05) is 6.92 Å². The zero-order chi connectivity index (χ0) is 48.6. The standard InChI is InChI=1S/C77H19NO2/c1-2-80-76(79)75(78-74(13-9-5-3-6-10-13)14-11-7-4-8-12-14)77-71-67-61-47-39-31-19-16-15-17-20(19)32-34-30-24(17)26-22-18(15)21-25-23(16)29-33(31)45(47)53-51-37(29)35(25)43-41-27(21)28(22)42-44-36(26)38(30)52-54-46(34)48(40(32)39)62(61)68(71)64(54)66-58(52)56(44)60-50(42)49(41)59-55(43)57(51)65(63(53)67)72(77)69(59)70(60)73(66)77/h3-12,71,74-75,78H,2H2,1H3. The van der Waals surface area contributed by atoms with E-state index in [2.05, 4.69) is 66.0 Å². The number of carbonyl (C=O) groups excluding carboxylic acids is 1. The molecule has 0 radical (unpaired) electrons. The smallest absolute Gasteiger partial charge is 0.324 e. The van der Waals surface area contributed by atoms with Crippen molar-refractivity contribution in [1.82, 2.24) is 5.32 Å². The second-order valence-electron chi connectivity index (χ2n) is 27.7. The number of hydrogen-bond acceptors (Lipinski definition) is 3. The zero-order valence-corrected chi connectivity index (χ0v) is 41.5. The molecule has 0 fully saturated rings. The van der Waals surface area contributed by atoms with Crippen LogP contribution < -0.4 is 5.32 Å². The van der Waals surface area contributed by atoms with Crippen molar-refractivity contribution in [2.75, 3.05) is 6.61 Å². The predicted molar refractivity (Wildman–Crippen MR) is 333 cm³/mol. The third kappa shape index (κ3) is 1.96. The monoisotopic (exact) mass is 989 g/mol. The van der Waals surface area contributed by atoms with E-state index >= 15 is 4.79 Å². The summed E-state index contributed by atoms with van der Waals surface area (Å²) in [5, 5.41) is 89.1. The Morgan fingerprint density at radius 3 is 0.800 bits per heavy atom. The van der Waals surface area contributed by atoms with Gasteiger partial charge in [-0.05, 0) is 331 Å². The lowest BCUT2D eigenvalue weighted by atomic mass is 9.54. The minimum Gasteiger partial charge on any atom is -0.465 e. The molecule has 30 aromatic rings. The van der Waals surface area contributed by atoms with Crippen molar-refractivity contribution in [2.24, 2.45) is 0 Å². The zero-order valence-electron chi connectivity index (χ0n) is 41.5. The Bertz CT molecular complexity index is 7600. The third-order valence-corrected chi connectivity index (χ3v) is 26.8. The lowest BCUT2D eigenvalue weighted by Crippen LogP contribution is -2.58. The molecule has 1 N–H and O–H groups in total. The molecule has 0 spiro atoms. The number of nitrogens with one attached hydrogen (secondary N) is 1. The van der Waals surface area contributed by atoms with Crippen molar-refractivity contribution in [2.45, 2.75) is 30.3 Å². The van der Waals surface area contributed by atoms with Gasteiger partial charge < -0.3 is 4.74 Å². The van der Waals surface area contributed by atoms with Crippen molar-refractivity contribution in [3.8, 4) is 0 Å². The fourth-order valence-corrected chi connectivity index (χ4v) is 26.2. The molecule has 34 rings (SSSR count). The molecule has 4 aliphatic carbocycles. The van der Waals surface area contributed by atoms with Gasteiger partial charge in [-0.25, -0.2) is 0 Å². The van der Waals surface area contributed by atoms with Crippen LogP contribution in [0.3, 0.4) is 0 Å². The summed E-state index contributed by atoms with van der Waals surface area (Å²) in [5.41, 5.74) is 7.50. The van der Waals surface area contributed by atoms with Crippen molar-refractivity contribution in [1.29, 1.82) is 0 Å². The lowest BCUT2D eigenvalue weighted by molar-refractivity contribution is -0.147. The lowest BCUT2D eigenvalue weighted by Gasteiger charge is -2.49. The van der Waals surface area contributed by atoms with E-state index in [9.17, 15) is 0 Å². The van der Waals surface area contributed by atoms with E-state index < -0.39 is 11.5 Å². The van der Waals surface area contributed by atoms with Gasteiger partial charge in [-0.3, -0.25) is 10.1 Å². The van der Waals surface area contributed by atoms with E-state index in [0.29, 0.717) is 6.61 Å². The largest absolute Gasteiger partial charge is 0.465 e. The normalized spacial score (nSPS) is 19.9. The van der Waals surface area contributed by atoms with Crippen LogP contribution in [0.15, 0.2) is 60.7 Å². The second kappa shape index (κ2) is 7.99. The summed E-state index contributed by atoms with van der Waals surface area (Å²) >= 11 is 0. The maximum atomic E-state index is 16.8. The summed E-state index contributed by atoms with van der Waals surface area (Å²) in [6.45, 7) is 2.35. The summed E-state index contributed by atoms with van der Waals surface area (Å²) in [4.78, 5) is 16.8. The van der Waals surface area contributed by atoms with E-state index in [1.165, 1.54) is 54.2 Å². The number of rotatable bonds is 7. The molecule has 0 bridgehead atoms. The fourth-order valence-electron chi connectivity index (χ4n) is 26.2. The molecule has 344 valence electrons. The predicted octanol–water partition coefficient (Wildman–Crippen LogP) is 19.5. The molecule has 80 heavy (non-hydrogen) atoms. The molecule has 0 saturated heterocycles. The van der Waals surface area contributed by atoms with Crippen LogP contribution in [-0.2, 0) is 14.9 Å². The molecule has 0 saturated carbocycles. The van der Waals surface area contributed by atoms with Crippen molar-refractivity contribution < 1.29 is 9.53 Å². The fraction of sp³-hybridized carbons (Fsp3) is 0.0779. The number of hydrogen-bond donors (Lipinski definition) is 1. The van der Waals surface area contributed by atoms with Gasteiger partial charge in [-0.15, -0.1) is 0 Å². The quantitative estimate of drug-likeness (QED) is 0.128. The Morgan fingerprint density at radius 2 is 0.550 bits per heavy atom. The molecule has 0 heterocycles. The van der Waals surface area contributed by atoms with Gasteiger partial charge in [-0.1, -0.05) is 60.7 Å². The summed E-state index contributed by atoms with van der Waals surface area (Å²) in [5.74, 6) is -0.232. The van der Waals surface area contributed by atoms with E-state index in [1.54, 1.807) is 259 Å². The molecule has 0 aliphatic heterocycles. The van der Waals surface area contributed by atoms with E-state index in [0.717, 1.165) is 11.1 Å². The molecule has 1 atom stereocenters. The van der Waals surface area contributed by atoms with E-state index in [-0.39, 0.29) is 17.9 Å². The summed E-state index contributed by atoms with van der Waals surface area (Å²) in [7, 11) is 0. The summed E-state index contributed by atoms with van der Waals surface area (Å²) in [6, 6.07) is 21.1. The molecular formula is C77H19NO2. The minimum atomic E-state index is -0.848. The van der Waals surface area contributed by atoms with Crippen LogP contribution in [0.4, 0.5) is 0 Å². The highest BCUT2D eigenvalue weighted by Crippen LogP contribution is 2.84. The van der Waals surface area contributed by atoms with Gasteiger partial charge in [0.25, 0.3) is 0 Å². The van der Waals surface area contributed by atoms with Crippen molar-refractivity contribution >= 4 is 297 Å². The topological polar surface area (TPSA) is 38.3 Å². The highest BCUT2D eigenvalue weighted by molar-refractivity contribution is 6.82. The van der Waals surface area contributed by atoms with Crippen LogP contribution in [0.1, 0.15) is 52.3 Å². The van der Waals surface area contributed by atoms with Gasteiger partial charge in [0.1, 0.15) is 6.04 Å². The first kappa shape index (κ1) is 32.3.